The van der Waals surface area contributed by atoms with E-state index in [0.717, 1.165) is 6.08 Å². The van der Waals surface area contributed by atoms with Crippen molar-refractivity contribution < 1.29 is 24.0 Å². The quantitative estimate of drug-likeness (QED) is 0.320. The summed E-state index contributed by atoms with van der Waals surface area (Å²) in [5, 5.41) is 15.6. The maximum Gasteiger partial charge on any atom is 0.331 e. The van der Waals surface area contributed by atoms with E-state index in [0.29, 0.717) is 12.1 Å². The molecule has 9 nitrogen and oxygen atoms in total. The number of hydrogen-bond donors (Lipinski definition) is 2. The molecule has 0 aliphatic heterocycles. The number of amides is 3. The number of hydrogen-bond acceptors (Lipinski definition) is 6. The Morgan fingerprint density at radius 2 is 1.76 bits per heavy atom. The van der Waals surface area contributed by atoms with E-state index < -0.39 is 28.9 Å². The number of benzene rings is 2. The first kappa shape index (κ1) is 21.3. The van der Waals surface area contributed by atoms with Crippen LogP contribution in [0, 0.1) is 10.1 Å². The molecule has 150 valence electrons. The molecule has 0 unspecified atom stereocenters. The van der Waals surface area contributed by atoms with Crippen LogP contribution in [0.3, 0.4) is 0 Å². The standard InChI is InChI=1S/C20H19N3O6/c1-2-21-20(26)22-19(25)18(15-9-4-3-5-10-15)29-17(24)13-12-14-8-6-7-11-16(14)23(27)28/h3-13,18H,2H2,1H3,(H2,21,22,25,26)/b13-12+/t18-/m0/s1. The minimum atomic E-state index is -1.37. The van der Waals surface area contributed by atoms with Crippen molar-refractivity contribution in [2.75, 3.05) is 6.54 Å². The van der Waals surface area contributed by atoms with Crippen molar-refractivity contribution in [3.63, 3.8) is 0 Å². The first-order chi connectivity index (χ1) is 13.9. The van der Waals surface area contributed by atoms with E-state index in [-0.39, 0.29) is 11.3 Å². The van der Waals surface area contributed by atoms with Crippen molar-refractivity contribution in [1.29, 1.82) is 0 Å². The Morgan fingerprint density at radius 1 is 1.10 bits per heavy atom. The van der Waals surface area contributed by atoms with Crippen LogP contribution in [-0.4, -0.2) is 29.4 Å². The lowest BCUT2D eigenvalue weighted by Crippen LogP contribution is -2.42. The Bertz CT molecular complexity index is 927. The van der Waals surface area contributed by atoms with Crippen LogP contribution in [-0.2, 0) is 14.3 Å². The van der Waals surface area contributed by atoms with Crippen molar-refractivity contribution in [3.8, 4) is 0 Å². The SMILES string of the molecule is CCNC(=O)NC(=O)[C@@H](OC(=O)/C=C/c1ccccc1[N+](=O)[O-])c1ccccc1. The molecule has 0 heterocycles. The molecular formula is C20H19N3O6. The Morgan fingerprint density at radius 3 is 2.41 bits per heavy atom. The van der Waals surface area contributed by atoms with Gasteiger partial charge in [0, 0.05) is 24.3 Å². The number of rotatable bonds is 7. The predicted molar refractivity (Wildman–Crippen MR) is 105 cm³/mol. The van der Waals surface area contributed by atoms with Gasteiger partial charge in [0.2, 0.25) is 6.10 Å². The second-order valence-electron chi connectivity index (χ2n) is 5.73. The van der Waals surface area contributed by atoms with E-state index in [1.807, 2.05) is 0 Å². The van der Waals surface area contributed by atoms with Crippen LogP contribution < -0.4 is 10.6 Å². The molecule has 0 spiro atoms. The lowest BCUT2D eigenvalue weighted by Gasteiger charge is -2.16. The molecule has 2 aromatic rings. The number of esters is 1. The molecule has 0 saturated heterocycles. The molecule has 1 atom stereocenters. The zero-order valence-electron chi connectivity index (χ0n) is 15.5. The van der Waals surface area contributed by atoms with Gasteiger partial charge in [-0.2, -0.15) is 0 Å². The number of nitro groups is 1. The molecule has 3 amide bonds. The van der Waals surface area contributed by atoms with Gasteiger partial charge in [-0.05, 0) is 19.1 Å². The second-order valence-corrected chi connectivity index (χ2v) is 5.73. The summed E-state index contributed by atoms with van der Waals surface area (Å²) >= 11 is 0. The van der Waals surface area contributed by atoms with Crippen LogP contribution in [0.25, 0.3) is 6.08 Å². The Hall–Kier alpha value is -4.01. The number of nitro benzene ring substituents is 1. The summed E-state index contributed by atoms with van der Waals surface area (Å²) in [6.45, 7) is 2.00. The second kappa shape index (κ2) is 10.4. The molecule has 0 aromatic heterocycles. The monoisotopic (exact) mass is 397 g/mol. The summed E-state index contributed by atoms with van der Waals surface area (Å²) in [4.78, 5) is 46.8. The minimum absolute atomic E-state index is 0.176. The fourth-order valence-electron chi connectivity index (χ4n) is 2.39. The first-order valence-corrected chi connectivity index (χ1v) is 8.68. The largest absolute Gasteiger partial charge is 0.444 e. The highest BCUT2D eigenvalue weighted by atomic mass is 16.6. The first-order valence-electron chi connectivity index (χ1n) is 8.68. The molecule has 0 radical (unpaired) electrons. The third kappa shape index (κ3) is 6.28. The van der Waals surface area contributed by atoms with Gasteiger partial charge in [0.05, 0.1) is 10.5 Å². The summed E-state index contributed by atoms with van der Waals surface area (Å²) in [5.41, 5.74) is 0.393. The van der Waals surface area contributed by atoms with Crippen LogP contribution in [0.5, 0.6) is 0 Å². The molecule has 2 N–H and O–H groups in total. The van der Waals surface area contributed by atoms with Crippen molar-refractivity contribution >= 4 is 29.7 Å². The highest BCUT2D eigenvalue weighted by Gasteiger charge is 2.25. The van der Waals surface area contributed by atoms with Crippen molar-refractivity contribution in [3.05, 3.63) is 81.9 Å². The zero-order valence-corrected chi connectivity index (χ0v) is 15.5. The lowest BCUT2D eigenvalue weighted by atomic mass is 10.1. The van der Waals surface area contributed by atoms with E-state index in [2.05, 4.69) is 10.6 Å². The Balaban J connectivity index is 2.18. The number of nitrogens with one attached hydrogen (secondary N) is 2. The number of nitrogens with zero attached hydrogens (tertiary/aromatic N) is 1. The Labute approximate surface area is 166 Å². The van der Waals surface area contributed by atoms with Gasteiger partial charge in [0.1, 0.15) is 0 Å². The highest BCUT2D eigenvalue weighted by Crippen LogP contribution is 2.21. The van der Waals surface area contributed by atoms with Gasteiger partial charge in [-0.1, -0.05) is 42.5 Å². The number of carbonyl (C=O) groups excluding carboxylic acids is 3. The van der Waals surface area contributed by atoms with Crippen LogP contribution >= 0.6 is 0 Å². The fraction of sp³-hybridized carbons (Fsp3) is 0.150. The Kier molecular flexibility index (Phi) is 7.60. The number of urea groups is 1. The van der Waals surface area contributed by atoms with Crippen molar-refractivity contribution in [1.82, 2.24) is 10.6 Å². The van der Waals surface area contributed by atoms with Crippen LogP contribution in [0.2, 0.25) is 0 Å². The highest BCUT2D eigenvalue weighted by molar-refractivity contribution is 5.98. The van der Waals surface area contributed by atoms with Gasteiger partial charge in [-0.25, -0.2) is 9.59 Å². The van der Waals surface area contributed by atoms with Gasteiger partial charge in [-0.15, -0.1) is 0 Å². The van der Waals surface area contributed by atoms with Gasteiger partial charge in [-0.3, -0.25) is 20.2 Å². The minimum Gasteiger partial charge on any atom is -0.444 e. The van der Waals surface area contributed by atoms with E-state index in [1.165, 1.54) is 24.3 Å². The van der Waals surface area contributed by atoms with E-state index in [1.54, 1.807) is 43.3 Å². The average Bonchev–Trinajstić information content (AvgIpc) is 2.71. The number of ether oxygens (including phenoxy) is 1. The van der Waals surface area contributed by atoms with Gasteiger partial charge in [0.15, 0.2) is 0 Å². The van der Waals surface area contributed by atoms with Crippen LogP contribution in [0.1, 0.15) is 24.2 Å². The summed E-state index contributed by atoms with van der Waals surface area (Å²) in [6.07, 6.45) is 0.837. The molecule has 0 fully saturated rings. The lowest BCUT2D eigenvalue weighted by molar-refractivity contribution is -0.385. The normalized spacial score (nSPS) is 11.5. The van der Waals surface area contributed by atoms with Crippen molar-refractivity contribution in [2.24, 2.45) is 0 Å². The molecular weight excluding hydrogens is 378 g/mol. The zero-order chi connectivity index (χ0) is 21.2. The van der Waals surface area contributed by atoms with E-state index >= 15 is 0 Å². The molecule has 29 heavy (non-hydrogen) atoms. The molecule has 0 bridgehead atoms. The van der Waals surface area contributed by atoms with Crippen LogP contribution in [0.15, 0.2) is 60.7 Å². The molecule has 0 aliphatic carbocycles. The summed E-state index contributed by atoms with van der Waals surface area (Å²) in [6, 6.07) is 13.3. The number of imide groups is 1. The average molecular weight is 397 g/mol. The third-order valence-electron chi connectivity index (χ3n) is 3.68. The number of para-hydroxylation sites is 1. The molecule has 0 aliphatic rings. The summed E-state index contributed by atoms with van der Waals surface area (Å²) in [5.74, 6) is -1.72. The molecule has 9 heteroatoms. The summed E-state index contributed by atoms with van der Waals surface area (Å²) in [7, 11) is 0. The fourth-order valence-corrected chi connectivity index (χ4v) is 2.39. The predicted octanol–water partition coefficient (Wildman–Crippen LogP) is 2.74. The third-order valence-corrected chi connectivity index (χ3v) is 3.68. The topological polar surface area (TPSA) is 128 Å². The molecule has 2 aromatic carbocycles. The molecule has 0 saturated carbocycles. The van der Waals surface area contributed by atoms with Crippen molar-refractivity contribution in [2.45, 2.75) is 13.0 Å². The number of carbonyl (C=O) groups is 3. The van der Waals surface area contributed by atoms with Gasteiger partial charge in [0.25, 0.3) is 11.6 Å². The van der Waals surface area contributed by atoms with E-state index in [9.17, 15) is 24.5 Å². The van der Waals surface area contributed by atoms with Gasteiger partial charge < -0.3 is 10.1 Å². The maximum absolute atomic E-state index is 12.4. The molecule has 2 rings (SSSR count). The van der Waals surface area contributed by atoms with Gasteiger partial charge >= 0.3 is 12.0 Å². The van der Waals surface area contributed by atoms with Crippen LogP contribution in [0.4, 0.5) is 10.5 Å². The van der Waals surface area contributed by atoms with E-state index in [4.69, 9.17) is 4.74 Å². The smallest absolute Gasteiger partial charge is 0.331 e. The maximum atomic E-state index is 12.4. The summed E-state index contributed by atoms with van der Waals surface area (Å²) < 4.78 is 5.21.